The summed E-state index contributed by atoms with van der Waals surface area (Å²) < 4.78 is 15.5. The molecule has 6 nitrogen and oxygen atoms in total. The van der Waals surface area contributed by atoms with Crippen molar-refractivity contribution >= 4 is 29.7 Å². The Hall–Kier alpha value is -2.02. The van der Waals surface area contributed by atoms with Gasteiger partial charge in [-0.25, -0.2) is 4.79 Å². The third kappa shape index (κ3) is 4.99. The van der Waals surface area contributed by atoms with Crippen LogP contribution in [-0.2, 0) is 28.6 Å². The Morgan fingerprint density at radius 2 is 1.96 bits per heavy atom. The minimum Gasteiger partial charge on any atom is -0.458 e. The molecular formula is C17H20O6S. The average molecular weight is 352 g/mol. The fourth-order valence-corrected chi connectivity index (χ4v) is 2.58. The van der Waals surface area contributed by atoms with Gasteiger partial charge in [0, 0.05) is 5.56 Å². The van der Waals surface area contributed by atoms with Gasteiger partial charge >= 0.3 is 17.9 Å². The number of esters is 3. The smallest absolute Gasteiger partial charge is 0.352 e. The van der Waals surface area contributed by atoms with Gasteiger partial charge < -0.3 is 14.2 Å². The molecule has 0 amide bonds. The van der Waals surface area contributed by atoms with E-state index in [0.29, 0.717) is 5.56 Å². The van der Waals surface area contributed by atoms with Gasteiger partial charge in [-0.2, -0.15) is 0 Å². The van der Waals surface area contributed by atoms with Gasteiger partial charge in [-0.15, -0.1) is 11.8 Å². The van der Waals surface area contributed by atoms with Crippen LogP contribution < -0.4 is 0 Å². The number of benzene rings is 1. The lowest BCUT2D eigenvalue weighted by Crippen LogP contribution is -2.30. The van der Waals surface area contributed by atoms with E-state index in [1.807, 2.05) is 0 Å². The van der Waals surface area contributed by atoms with Gasteiger partial charge in [-0.1, -0.05) is 30.3 Å². The van der Waals surface area contributed by atoms with Crippen LogP contribution in [0.25, 0.3) is 0 Å². The van der Waals surface area contributed by atoms with E-state index in [4.69, 9.17) is 14.2 Å². The molecule has 1 aliphatic heterocycles. The van der Waals surface area contributed by atoms with E-state index in [1.165, 1.54) is 11.8 Å². The van der Waals surface area contributed by atoms with Crippen molar-refractivity contribution < 1.29 is 28.6 Å². The molecule has 0 spiro atoms. The fourth-order valence-electron chi connectivity index (χ4n) is 1.85. The summed E-state index contributed by atoms with van der Waals surface area (Å²) in [6.45, 7) is 5.04. The summed E-state index contributed by atoms with van der Waals surface area (Å²) in [4.78, 5) is 35.6. The van der Waals surface area contributed by atoms with Crippen LogP contribution in [0.1, 0.15) is 32.4 Å². The maximum absolute atomic E-state index is 12.4. The van der Waals surface area contributed by atoms with E-state index in [1.54, 1.807) is 51.1 Å². The van der Waals surface area contributed by atoms with Crippen LogP contribution in [-0.4, -0.2) is 35.7 Å². The van der Waals surface area contributed by atoms with E-state index in [2.05, 4.69) is 0 Å². The molecule has 7 heteroatoms. The summed E-state index contributed by atoms with van der Waals surface area (Å²) in [5.41, 5.74) is -0.739. The van der Waals surface area contributed by atoms with Crippen LogP contribution in [0.5, 0.6) is 0 Å². The van der Waals surface area contributed by atoms with Crippen LogP contribution in [0.15, 0.2) is 30.3 Å². The average Bonchev–Trinajstić information content (AvgIpc) is 2.95. The number of carbonyl (C=O) groups is 3. The van der Waals surface area contributed by atoms with Gasteiger partial charge in [0.25, 0.3) is 0 Å². The second kappa shape index (κ2) is 7.70. The standard InChI is InChI=1S/C17H20O6S/c1-17(2,3)16(20)23-14(11-7-5-4-6-8-11)15(19)21-9-13-22-12(18)10-24-13/h4-8,13-14H,9-10H2,1-3H3/t13?,14-/m0/s1. The molecule has 1 heterocycles. The highest BCUT2D eigenvalue weighted by Crippen LogP contribution is 2.26. The Morgan fingerprint density at radius 3 is 2.50 bits per heavy atom. The molecule has 0 aromatic heterocycles. The largest absolute Gasteiger partial charge is 0.458 e. The lowest BCUT2D eigenvalue weighted by atomic mass is 9.97. The molecule has 0 N–H and O–H groups in total. The van der Waals surface area contributed by atoms with E-state index >= 15 is 0 Å². The van der Waals surface area contributed by atoms with Crippen LogP contribution in [0, 0.1) is 5.41 Å². The molecule has 130 valence electrons. The number of carbonyl (C=O) groups excluding carboxylic acids is 3. The Balaban J connectivity index is 2.05. The van der Waals surface area contributed by atoms with Crippen molar-refractivity contribution in [2.24, 2.45) is 5.41 Å². The monoisotopic (exact) mass is 352 g/mol. The van der Waals surface area contributed by atoms with Crippen LogP contribution in [0.2, 0.25) is 0 Å². The topological polar surface area (TPSA) is 78.9 Å². The van der Waals surface area contributed by atoms with Gasteiger partial charge in [0.1, 0.15) is 6.61 Å². The van der Waals surface area contributed by atoms with Crippen molar-refractivity contribution in [3.05, 3.63) is 35.9 Å². The number of ether oxygens (including phenoxy) is 3. The lowest BCUT2D eigenvalue weighted by molar-refractivity contribution is -0.175. The number of cyclic esters (lactones) is 1. The van der Waals surface area contributed by atoms with E-state index in [0.717, 1.165) is 0 Å². The zero-order valence-electron chi connectivity index (χ0n) is 13.8. The van der Waals surface area contributed by atoms with E-state index < -0.39 is 28.9 Å². The summed E-state index contributed by atoms with van der Waals surface area (Å²) in [7, 11) is 0. The molecule has 24 heavy (non-hydrogen) atoms. The first-order valence-corrected chi connectivity index (χ1v) is 8.56. The number of hydrogen-bond acceptors (Lipinski definition) is 7. The quantitative estimate of drug-likeness (QED) is 0.595. The predicted octanol–water partition coefficient (Wildman–Crippen LogP) is 2.48. The normalized spacial score (nSPS) is 18.6. The maximum Gasteiger partial charge on any atom is 0.352 e. The van der Waals surface area contributed by atoms with Crippen LogP contribution in [0.4, 0.5) is 0 Å². The lowest BCUT2D eigenvalue weighted by Gasteiger charge is -2.23. The van der Waals surface area contributed by atoms with Crippen molar-refractivity contribution in [1.82, 2.24) is 0 Å². The summed E-state index contributed by atoms with van der Waals surface area (Å²) in [6.07, 6.45) is -1.15. The second-order valence-corrected chi connectivity index (χ2v) is 7.45. The molecule has 0 radical (unpaired) electrons. The molecule has 1 saturated heterocycles. The second-order valence-electron chi connectivity index (χ2n) is 6.31. The molecule has 2 rings (SSSR count). The highest BCUT2D eigenvalue weighted by atomic mass is 32.2. The van der Waals surface area contributed by atoms with Gasteiger partial charge in [0.15, 0.2) is 5.44 Å². The summed E-state index contributed by atoms with van der Waals surface area (Å²) in [6, 6.07) is 8.66. The summed E-state index contributed by atoms with van der Waals surface area (Å²) in [5, 5.41) is 0. The van der Waals surface area contributed by atoms with Crippen LogP contribution >= 0.6 is 11.8 Å². The molecule has 1 fully saturated rings. The first kappa shape index (κ1) is 18.3. The molecule has 2 atom stereocenters. The van der Waals surface area contributed by atoms with Crippen molar-refractivity contribution in [2.75, 3.05) is 12.4 Å². The van der Waals surface area contributed by atoms with Crippen LogP contribution in [0.3, 0.4) is 0 Å². The molecule has 0 aliphatic carbocycles. The first-order valence-electron chi connectivity index (χ1n) is 7.51. The Morgan fingerprint density at radius 1 is 1.29 bits per heavy atom. The Kier molecular flexibility index (Phi) is 5.88. The van der Waals surface area contributed by atoms with E-state index in [9.17, 15) is 14.4 Å². The van der Waals surface area contributed by atoms with Gasteiger partial charge in [0.2, 0.25) is 6.10 Å². The molecule has 0 saturated carbocycles. The van der Waals surface area contributed by atoms with Gasteiger partial charge in [0.05, 0.1) is 11.2 Å². The van der Waals surface area contributed by atoms with Crippen molar-refractivity contribution in [3.63, 3.8) is 0 Å². The molecular weight excluding hydrogens is 332 g/mol. The number of thioether (sulfide) groups is 1. The highest BCUT2D eigenvalue weighted by molar-refractivity contribution is 8.00. The third-order valence-electron chi connectivity index (χ3n) is 3.17. The first-order chi connectivity index (χ1) is 11.3. The number of rotatable bonds is 5. The van der Waals surface area contributed by atoms with Crippen molar-refractivity contribution in [3.8, 4) is 0 Å². The Labute approximate surface area is 144 Å². The molecule has 0 bridgehead atoms. The predicted molar refractivity (Wildman–Crippen MR) is 88.0 cm³/mol. The van der Waals surface area contributed by atoms with Crippen molar-refractivity contribution in [2.45, 2.75) is 32.3 Å². The zero-order valence-corrected chi connectivity index (χ0v) is 14.6. The Bertz CT molecular complexity index is 607. The summed E-state index contributed by atoms with van der Waals surface area (Å²) >= 11 is 1.26. The number of hydrogen-bond donors (Lipinski definition) is 0. The molecule has 1 unspecified atom stereocenters. The molecule has 1 aromatic carbocycles. The minimum absolute atomic E-state index is 0.0777. The SMILES string of the molecule is CC(C)(C)C(=O)O[C@H](C(=O)OCC1OC(=O)CS1)c1ccccc1. The molecule has 1 aliphatic rings. The maximum atomic E-state index is 12.4. The zero-order chi connectivity index (χ0) is 17.7. The highest BCUT2D eigenvalue weighted by Gasteiger charge is 2.33. The van der Waals surface area contributed by atoms with Crippen molar-refractivity contribution in [1.29, 1.82) is 0 Å². The van der Waals surface area contributed by atoms with E-state index in [-0.39, 0.29) is 18.3 Å². The minimum atomic E-state index is -1.15. The van der Waals surface area contributed by atoms with Gasteiger partial charge in [-0.05, 0) is 20.8 Å². The van der Waals surface area contributed by atoms with Gasteiger partial charge in [-0.3, -0.25) is 9.59 Å². The molecule has 1 aromatic rings. The fraction of sp³-hybridized carbons (Fsp3) is 0.471. The summed E-state index contributed by atoms with van der Waals surface area (Å²) in [5.74, 6) is -1.29. The third-order valence-corrected chi connectivity index (χ3v) is 4.17.